The van der Waals surface area contributed by atoms with Crippen LogP contribution >= 0.6 is 0 Å². The Labute approximate surface area is 65.9 Å². The van der Waals surface area contributed by atoms with Crippen LogP contribution in [0, 0.1) is 10.1 Å². The van der Waals surface area contributed by atoms with Gasteiger partial charge in [-0.05, 0) is 0 Å². The number of carbonyl (C=O) groups excluding carboxylic acids is 1. The zero-order valence-electron chi connectivity index (χ0n) is 6.10. The molecule has 0 aliphatic rings. The summed E-state index contributed by atoms with van der Waals surface area (Å²) in [4.78, 5) is 19.3. The summed E-state index contributed by atoms with van der Waals surface area (Å²) in [6.45, 7) is 0. The van der Waals surface area contributed by atoms with Gasteiger partial charge in [-0.2, -0.15) is 5.10 Å². The van der Waals surface area contributed by atoms with Crippen LogP contribution in [0.4, 0.5) is 5.69 Å². The smallest absolute Gasteiger partial charge is 0.315 e. The lowest BCUT2D eigenvalue weighted by atomic mass is 10.4. The van der Waals surface area contributed by atoms with Crippen molar-refractivity contribution in [3.8, 4) is 0 Å². The van der Waals surface area contributed by atoms with Gasteiger partial charge in [0, 0.05) is 0 Å². The Balaban J connectivity index is 0.00000121. The highest BCUT2D eigenvalue weighted by atomic mass is 16.6. The normalized spacial score (nSPS) is 8.67. The zero-order valence-corrected chi connectivity index (χ0v) is 6.10. The lowest BCUT2D eigenvalue weighted by molar-refractivity contribution is -0.385. The lowest BCUT2D eigenvalue weighted by Crippen LogP contribution is -2.23. The summed E-state index contributed by atoms with van der Waals surface area (Å²) in [6, 6.07) is 0. The molecule has 12 heavy (non-hydrogen) atoms. The molecule has 0 aliphatic carbocycles. The molecule has 0 fully saturated rings. The molecule has 0 unspecified atom stereocenters. The first-order chi connectivity index (χ1) is 5.13. The van der Waals surface area contributed by atoms with E-state index in [2.05, 4.69) is 5.10 Å². The highest BCUT2D eigenvalue weighted by Crippen LogP contribution is 2.12. The Morgan fingerprint density at radius 2 is 2.25 bits per heavy atom. The molecule has 0 spiro atoms. The number of rotatable bonds is 2. The molecule has 0 atom stereocenters. The number of carboxylic acid groups (broad SMARTS) is 1. The SMILES string of the molecule is O=C([O-])c1[nH]ncc1[N+](=O)[O-].[NH4+]. The number of aromatic carboxylic acids is 1. The van der Waals surface area contributed by atoms with Gasteiger partial charge in [0.25, 0.3) is 0 Å². The van der Waals surface area contributed by atoms with Gasteiger partial charge in [-0.25, -0.2) is 0 Å². The number of aromatic nitrogens is 2. The van der Waals surface area contributed by atoms with Crippen molar-refractivity contribution in [2.45, 2.75) is 0 Å². The van der Waals surface area contributed by atoms with Gasteiger partial charge in [0.2, 0.25) is 0 Å². The second-order valence-electron chi connectivity index (χ2n) is 1.67. The van der Waals surface area contributed by atoms with E-state index in [-0.39, 0.29) is 6.15 Å². The fourth-order valence-electron chi connectivity index (χ4n) is 0.568. The Kier molecular flexibility index (Phi) is 2.88. The van der Waals surface area contributed by atoms with Gasteiger partial charge in [-0.15, -0.1) is 0 Å². The maximum absolute atomic E-state index is 10.1. The van der Waals surface area contributed by atoms with Crippen molar-refractivity contribution in [2.75, 3.05) is 0 Å². The van der Waals surface area contributed by atoms with Crippen LogP contribution in [0.5, 0.6) is 0 Å². The number of carboxylic acids is 1. The average Bonchev–Trinajstić information content (AvgIpc) is 2.32. The van der Waals surface area contributed by atoms with Crippen LogP contribution in [0.3, 0.4) is 0 Å². The van der Waals surface area contributed by atoms with Gasteiger partial charge >= 0.3 is 5.69 Å². The van der Waals surface area contributed by atoms with Gasteiger partial charge in [-0.1, -0.05) is 0 Å². The quantitative estimate of drug-likeness (QED) is 0.438. The maximum Gasteiger partial charge on any atom is 0.315 e. The molecule has 1 heterocycles. The average molecular weight is 174 g/mol. The van der Waals surface area contributed by atoms with Gasteiger partial charge in [0.1, 0.15) is 6.20 Å². The molecule has 0 radical (unpaired) electrons. The Morgan fingerprint density at radius 1 is 1.67 bits per heavy atom. The molecule has 0 saturated heterocycles. The van der Waals surface area contributed by atoms with E-state index in [0.717, 1.165) is 6.20 Å². The maximum atomic E-state index is 10.1. The third kappa shape index (κ3) is 1.55. The number of hydrogen-bond donors (Lipinski definition) is 2. The van der Waals surface area contributed by atoms with Crippen molar-refractivity contribution >= 4 is 11.7 Å². The van der Waals surface area contributed by atoms with Crippen LogP contribution < -0.4 is 11.3 Å². The van der Waals surface area contributed by atoms with Gasteiger partial charge in [-0.3, -0.25) is 15.2 Å². The molecule has 8 nitrogen and oxygen atoms in total. The molecule has 0 aliphatic heterocycles. The summed E-state index contributed by atoms with van der Waals surface area (Å²) in [5, 5.41) is 25.3. The Bertz CT molecular complexity index is 277. The van der Waals surface area contributed by atoms with Crippen molar-refractivity contribution in [2.24, 2.45) is 0 Å². The number of aromatic amines is 1. The van der Waals surface area contributed by atoms with E-state index in [0.29, 0.717) is 0 Å². The number of quaternary nitrogens is 1. The van der Waals surface area contributed by atoms with Crippen molar-refractivity contribution in [3.05, 3.63) is 22.0 Å². The van der Waals surface area contributed by atoms with Crippen molar-refractivity contribution in [1.29, 1.82) is 0 Å². The topological polar surface area (TPSA) is 148 Å². The van der Waals surface area contributed by atoms with Crippen molar-refractivity contribution in [3.63, 3.8) is 0 Å². The summed E-state index contributed by atoms with van der Waals surface area (Å²) >= 11 is 0. The molecular formula is C4H6N4O4. The Hall–Kier alpha value is -1.96. The van der Waals surface area contributed by atoms with Gasteiger partial charge in [0.05, 0.1) is 10.9 Å². The summed E-state index contributed by atoms with van der Waals surface area (Å²) in [7, 11) is 0. The van der Waals surface area contributed by atoms with Gasteiger partial charge < -0.3 is 16.1 Å². The number of H-pyrrole nitrogens is 1. The van der Waals surface area contributed by atoms with E-state index < -0.39 is 22.3 Å². The highest BCUT2D eigenvalue weighted by molar-refractivity contribution is 5.87. The third-order valence-electron chi connectivity index (χ3n) is 1.02. The van der Waals surface area contributed by atoms with Crippen LogP contribution in [0.25, 0.3) is 0 Å². The second-order valence-corrected chi connectivity index (χ2v) is 1.67. The molecule has 0 aromatic carbocycles. The highest BCUT2D eigenvalue weighted by Gasteiger charge is 2.15. The monoisotopic (exact) mass is 174 g/mol. The fraction of sp³-hybridized carbons (Fsp3) is 0. The van der Waals surface area contributed by atoms with E-state index in [4.69, 9.17) is 0 Å². The van der Waals surface area contributed by atoms with Crippen LogP contribution in [-0.2, 0) is 0 Å². The summed E-state index contributed by atoms with van der Waals surface area (Å²) in [5.41, 5.74) is -1.21. The van der Waals surface area contributed by atoms with E-state index in [1.54, 1.807) is 0 Å². The summed E-state index contributed by atoms with van der Waals surface area (Å²) in [5.74, 6) is -1.64. The molecule has 1 aromatic rings. The van der Waals surface area contributed by atoms with Crippen LogP contribution in [0.1, 0.15) is 10.5 Å². The second kappa shape index (κ2) is 3.44. The predicted octanol–water partition coefficient (Wildman–Crippen LogP) is -0.942. The number of hydrogen-bond acceptors (Lipinski definition) is 5. The molecule has 1 rings (SSSR count). The summed E-state index contributed by atoms with van der Waals surface area (Å²) in [6.07, 6.45) is 0.811. The minimum Gasteiger partial charge on any atom is -0.543 e. The molecule has 0 bridgehead atoms. The molecule has 1 aromatic heterocycles. The zero-order chi connectivity index (χ0) is 8.43. The third-order valence-corrected chi connectivity index (χ3v) is 1.02. The van der Waals surface area contributed by atoms with E-state index in [1.807, 2.05) is 5.10 Å². The van der Waals surface area contributed by atoms with Crippen LogP contribution in [-0.4, -0.2) is 21.1 Å². The fourth-order valence-corrected chi connectivity index (χ4v) is 0.568. The standard InChI is InChI=1S/C4H3N3O4.H3N/c8-4(9)3-2(7(10)11)1-5-6-3;/h1H,(H,5,6)(H,8,9);1H3. The van der Waals surface area contributed by atoms with E-state index in [9.17, 15) is 20.0 Å². The van der Waals surface area contributed by atoms with Crippen LogP contribution in [0.2, 0.25) is 0 Å². The largest absolute Gasteiger partial charge is 0.543 e. The number of carbonyl (C=O) groups is 1. The van der Waals surface area contributed by atoms with Crippen molar-refractivity contribution < 1.29 is 14.8 Å². The van der Waals surface area contributed by atoms with Crippen LogP contribution in [0.15, 0.2) is 6.20 Å². The first-order valence-electron chi connectivity index (χ1n) is 2.52. The predicted molar refractivity (Wildman–Crippen MR) is 35.6 cm³/mol. The molecular weight excluding hydrogens is 168 g/mol. The first-order valence-corrected chi connectivity index (χ1v) is 2.52. The summed E-state index contributed by atoms with van der Waals surface area (Å²) < 4.78 is 0. The lowest BCUT2D eigenvalue weighted by Gasteiger charge is -1.94. The molecule has 8 heteroatoms. The number of nitro groups is 1. The minimum absolute atomic E-state index is 0. The Morgan fingerprint density at radius 3 is 2.58 bits per heavy atom. The van der Waals surface area contributed by atoms with Gasteiger partial charge in [0.15, 0.2) is 5.69 Å². The molecule has 5 N–H and O–H groups in total. The molecule has 66 valence electrons. The van der Waals surface area contributed by atoms with Crippen molar-refractivity contribution in [1.82, 2.24) is 16.3 Å². The minimum atomic E-state index is -1.64. The number of nitrogens with zero attached hydrogens (tertiary/aromatic N) is 2. The molecule has 0 saturated carbocycles. The van der Waals surface area contributed by atoms with E-state index >= 15 is 0 Å². The van der Waals surface area contributed by atoms with E-state index in [1.165, 1.54) is 0 Å². The molecule has 0 amide bonds. The first kappa shape index (κ1) is 10.0. The number of nitrogens with one attached hydrogen (secondary N) is 1.